The van der Waals surface area contributed by atoms with Crippen LogP contribution in [-0.2, 0) is 9.59 Å². The van der Waals surface area contributed by atoms with Crippen LogP contribution in [0.1, 0.15) is 5.56 Å². The average Bonchev–Trinajstić information content (AvgIpc) is 2.66. The van der Waals surface area contributed by atoms with Gasteiger partial charge in [0, 0.05) is 0 Å². The van der Waals surface area contributed by atoms with Crippen LogP contribution in [0.5, 0.6) is 5.75 Å². The van der Waals surface area contributed by atoms with Crippen LogP contribution in [-0.4, -0.2) is 24.5 Å². The zero-order valence-corrected chi connectivity index (χ0v) is 16.3. The molecule has 0 unspecified atom stereocenters. The van der Waals surface area contributed by atoms with Gasteiger partial charge in [-0.3, -0.25) is 14.9 Å². The number of ether oxygens (including phenoxy) is 1. The number of rotatable bonds is 5. The summed E-state index contributed by atoms with van der Waals surface area (Å²) in [4.78, 5) is 37.9. The van der Waals surface area contributed by atoms with Crippen molar-refractivity contribution in [2.24, 2.45) is 0 Å². The lowest BCUT2D eigenvalue weighted by Gasteiger charge is -2.26. The number of nitrogens with one attached hydrogen (secondary N) is 1. The minimum absolute atomic E-state index is 0.108. The highest BCUT2D eigenvalue weighted by molar-refractivity contribution is 6.40. The summed E-state index contributed by atoms with van der Waals surface area (Å²) in [5.41, 5.74) is 0.134. The van der Waals surface area contributed by atoms with Crippen LogP contribution in [0.15, 0.2) is 54.6 Å². The molecule has 1 N–H and O–H groups in total. The van der Waals surface area contributed by atoms with E-state index in [4.69, 9.17) is 27.9 Å². The second-order valence-electron chi connectivity index (χ2n) is 5.85. The van der Waals surface area contributed by atoms with Crippen molar-refractivity contribution in [3.63, 3.8) is 0 Å². The molecule has 6 nitrogen and oxygen atoms in total. The first kappa shape index (κ1) is 20.6. The quantitative estimate of drug-likeness (QED) is 0.430. The number of barbiturate groups is 1. The van der Waals surface area contributed by atoms with Gasteiger partial charge in [0.1, 0.15) is 18.0 Å². The molecule has 0 aliphatic carbocycles. The lowest BCUT2D eigenvalue weighted by Crippen LogP contribution is -2.54. The van der Waals surface area contributed by atoms with E-state index in [0.29, 0.717) is 5.56 Å². The number of carbonyl (C=O) groups is 3. The molecule has 0 aromatic heterocycles. The van der Waals surface area contributed by atoms with Crippen LogP contribution in [0.3, 0.4) is 0 Å². The van der Waals surface area contributed by atoms with Crippen LogP contribution in [0.25, 0.3) is 6.08 Å². The number of hydrogen-bond acceptors (Lipinski definition) is 4. The summed E-state index contributed by atoms with van der Waals surface area (Å²) in [6.45, 7) is 3.72. The van der Waals surface area contributed by atoms with Gasteiger partial charge in [-0.25, -0.2) is 14.1 Å². The lowest BCUT2D eigenvalue weighted by molar-refractivity contribution is -0.122. The van der Waals surface area contributed by atoms with E-state index < -0.39 is 23.7 Å². The average molecular weight is 435 g/mol. The number of carbonyl (C=O) groups excluding carboxylic acids is 3. The van der Waals surface area contributed by atoms with Crippen molar-refractivity contribution in [3.05, 3.63) is 76.1 Å². The third-order valence-electron chi connectivity index (χ3n) is 3.86. The van der Waals surface area contributed by atoms with Crippen LogP contribution >= 0.6 is 23.2 Å². The van der Waals surface area contributed by atoms with Gasteiger partial charge in [-0.05, 0) is 48.0 Å². The Labute approximate surface area is 175 Å². The molecular formula is C20H13Cl2FN2O4. The van der Waals surface area contributed by atoms with Gasteiger partial charge in [0.2, 0.25) is 0 Å². The minimum Gasteiger partial charge on any atom is -0.486 e. The molecule has 2 aromatic carbocycles. The summed E-state index contributed by atoms with van der Waals surface area (Å²) in [6, 6.07) is 6.66. The number of halogens is 3. The monoisotopic (exact) mass is 434 g/mol. The Morgan fingerprint density at radius 1 is 1.10 bits per heavy atom. The smallest absolute Gasteiger partial charge is 0.335 e. The lowest BCUT2D eigenvalue weighted by atomic mass is 10.1. The largest absolute Gasteiger partial charge is 0.486 e. The molecule has 1 saturated heterocycles. The maximum Gasteiger partial charge on any atom is 0.335 e. The molecular weight excluding hydrogens is 422 g/mol. The molecule has 4 amide bonds. The normalized spacial score (nSPS) is 15.5. The summed E-state index contributed by atoms with van der Waals surface area (Å²) in [7, 11) is 0. The van der Waals surface area contributed by atoms with Gasteiger partial charge in [-0.2, -0.15) is 0 Å². The van der Waals surface area contributed by atoms with E-state index in [1.165, 1.54) is 36.4 Å². The minimum atomic E-state index is -0.937. The molecule has 1 fully saturated rings. The van der Waals surface area contributed by atoms with E-state index in [9.17, 15) is 18.8 Å². The molecule has 0 radical (unpaired) electrons. The number of amides is 4. The van der Waals surface area contributed by atoms with Crippen molar-refractivity contribution in [2.75, 3.05) is 11.5 Å². The maximum atomic E-state index is 13.2. The van der Waals surface area contributed by atoms with Crippen LogP contribution in [0.2, 0.25) is 10.0 Å². The van der Waals surface area contributed by atoms with Crippen molar-refractivity contribution >= 4 is 52.8 Å². The van der Waals surface area contributed by atoms with Crippen molar-refractivity contribution in [2.45, 2.75) is 0 Å². The Morgan fingerprint density at radius 3 is 2.31 bits per heavy atom. The Bertz CT molecular complexity index is 1030. The highest BCUT2D eigenvalue weighted by atomic mass is 35.5. The Balaban J connectivity index is 1.98. The van der Waals surface area contributed by atoms with Gasteiger partial charge in [0.05, 0.1) is 15.7 Å². The van der Waals surface area contributed by atoms with E-state index in [0.717, 1.165) is 17.0 Å². The molecule has 3 rings (SSSR count). The molecule has 9 heteroatoms. The first-order valence-electron chi connectivity index (χ1n) is 8.21. The second kappa shape index (κ2) is 8.46. The molecule has 0 saturated carbocycles. The van der Waals surface area contributed by atoms with Crippen molar-refractivity contribution < 1.29 is 23.5 Å². The van der Waals surface area contributed by atoms with Gasteiger partial charge in [0.25, 0.3) is 11.8 Å². The fraction of sp³-hybridized carbons (Fsp3) is 0.0500. The van der Waals surface area contributed by atoms with Crippen molar-refractivity contribution in [3.8, 4) is 5.75 Å². The molecule has 148 valence electrons. The summed E-state index contributed by atoms with van der Waals surface area (Å²) >= 11 is 12.3. The Kier molecular flexibility index (Phi) is 6.00. The van der Waals surface area contributed by atoms with Crippen LogP contribution < -0.4 is 15.0 Å². The zero-order chi connectivity index (χ0) is 21.1. The first-order valence-corrected chi connectivity index (χ1v) is 8.97. The number of nitrogens with zero attached hydrogens (tertiary/aromatic N) is 1. The van der Waals surface area contributed by atoms with Crippen LogP contribution in [0.4, 0.5) is 14.9 Å². The van der Waals surface area contributed by atoms with Gasteiger partial charge in [-0.1, -0.05) is 35.9 Å². The van der Waals surface area contributed by atoms with Gasteiger partial charge in [-0.15, -0.1) is 0 Å². The summed E-state index contributed by atoms with van der Waals surface area (Å²) in [5, 5.41) is 2.41. The maximum absolute atomic E-state index is 13.2. The highest BCUT2D eigenvalue weighted by Gasteiger charge is 2.36. The molecule has 29 heavy (non-hydrogen) atoms. The SMILES string of the molecule is C=CCOc1c(Cl)cc(/C=C2\C(=O)NC(=O)N(c3ccc(F)cc3)C2=O)cc1Cl. The molecule has 0 bridgehead atoms. The van der Waals surface area contributed by atoms with E-state index in [2.05, 4.69) is 11.9 Å². The topological polar surface area (TPSA) is 75.7 Å². The number of imide groups is 2. The summed E-state index contributed by atoms with van der Waals surface area (Å²) in [5.74, 6) is -2.05. The van der Waals surface area contributed by atoms with Gasteiger partial charge in [0.15, 0.2) is 5.75 Å². The molecule has 1 aliphatic rings. The number of hydrogen-bond donors (Lipinski definition) is 1. The Hall–Kier alpha value is -3.16. The molecule has 1 aliphatic heterocycles. The predicted octanol–water partition coefficient (Wildman–Crippen LogP) is 4.36. The fourth-order valence-corrected chi connectivity index (χ4v) is 3.20. The zero-order valence-electron chi connectivity index (χ0n) is 14.7. The molecule has 0 spiro atoms. The van der Waals surface area contributed by atoms with Crippen molar-refractivity contribution in [1.82, 2.24) is 5.32 Å². The third-order valence-corrected chi connectivity index (χ3v) is 4.43. The standard InChI is InChI=1S/C20H13Cl2FN2O4/c1-2-7-29-17-15(21)9-11(10-16(17)22)8-14-18(26)24-20(28)25(19(14)27)13-5-3-12(23)4-6-13/h2-6,8-10H,1,7H2,(H,24,26,28)/b14-8+. The summed E-state index contributed by atoms with van der Waals surface area (Å²) in [6.07, 6.45) is 2.77. The van der Waals surface area contributed by atoms with Crippen LogP contribution in [0, 0.1) is 5.82 Å². The Morgan fingerprint density at radius 2 is 1.72 bits per heavy atom. The van der Waals surface area contributed by atoms with Crippen molar-refractivity contribution in [1.29, 1.82) is 0 Å². The third kappa shape index (κ3) is 4.31. The van der Waals surface area contributed by atoms with Gasteiger partial charge >= 0.3 is 6.03 Å². The van der Waals surface area contributed by atoms with E-state index in [1.54, 1.807) is 0 Å². The molecule has 0 atom stereocenters. The molecule has 2 aromatic rings. The van der Waals surface area contributed by atoms with E-state index >= 15 is 0 Å². The number of urea groups is 1. The first-order chi connectivity index (χ1) is 13.8. The second-order valence-corrected chi connectivity index (χ2v) is 6.66. The summed E-state index contributed by atoms with van der Waals surface area (Å²) < 4.78 is 18.5. The van der Waals surface area contributed by atoms with E-state index in [-0.39, 0.29) is 33.7 Å². The predicted molar refractivity (Wildman–Crippen MR) is 108 cm³/mol. The van der Waals surface area contributed by atoms with Gasteiger partial charge < -0.3 is 4.74 Å². The number of benzene rings is 2. The number of anilines is 1. The highest BCUT2D eigenvalue weighted by Crippen LogP contribution is 2.35. The fourth-order valence-electron chi connectivity index (χ4n) is 2.59. The molecule has 1 heterocycles. The van der Waals surface area contributed by atoms with E-state index in [1.807, 2.05) is 0 Å².